The Balaban J connectivity index is 2.14. The quantitative estimate of drug-likeness (QED) is 0.875. The number of hydrogen-bond acceptors (Lipinski definition) is 2. The molecule has 18 heavy (non-hydrogen) atoms. The van der Waals surface area contributed by atoms with E-state index in [0.29, 0.717) is 6.54 Å². The standard InChI is InChI=1S/C15H13NO2/c17-14-16-11-15(18-14,12-7-3-1-4-8-12)13-9-5-2-6-10-13/h1-10H,11H2,(H,16,17). The van der Waals surface area contributed by atoms with Crippen LogP contribution in [0.25, 0.3) is 0 Å². The van der Waals surface area contributed by atoms with Crippen molar-refractivity contribution in [3.8, 4) is 0 Å². The molecular formula is C15H13NO2. The maximum atomic E-state index is 11.5. The Morgan fingerprint density at radius 3 is 1.78 bits per heavy atom. The first-order chi connectivity index (χ1) is 8.81. The molecule has 3 nitrogen and oxygen atoms in total. The number of hydrogen-bond donors (Lipinski definition) is 1. The van der Waals surface area contributed by atoms with Crippen LogP contribution in [-0.2, 0) is 10.3 Å². The third-order valence-corrected chi connectivity index (χ3v) is 3.23. The van der Waals surface area contributed by atoms with E-state index in [1.165, 1.54) is 0 Å². The zero-order chi connectivity index (χ0) is 12.4. The van der Waals surface area contributed by atoms with Crippen LogP contribution in [0.1, 0.15) is 11.1 Å². The summed E-state index contributed by atoms with van der Waals surface area (Å²) in [5, 5.41) is 2.75. The number of carbonyl (C=O) groups is 1. The second-order valence-electron chi connectivity index (χ2n) is 4.30. The topological polar surface area (TPSA) is 38.3 Å². The highest BCUT2D eigenvalue weighted by molar-refractivity contribution is 5.72. The third kappa shape index (κ3) is 1.64. The Morgan fingerprint density at radius 2 is 1.39 bits per heavy atom. The lowest BCUT2D eigenvalue weighted by atomic mass is 9.86. The van der Waals surface area contributed by atoms with Crippen molar-refractivity contribution in [1.82, 2.24) is 5.32 Å². The highest BCUT2D eigenvalue weighted by Crippen LogP contribution is 2.35. The van der Waals surface area contributed by atoms with E-state index in [4.69, 9.17) is 4.74 Å². The van der Waals surface area contributed by atoms with Crippen LogP contribution < -0.4 is 5.32 Å². The first kappa shape index (κ1) is 10.8. The van der Waals surface area contributed by atoms with Crippen LogP contribution >= 0.6 is 0 Å². The maximum absolute atomic E-state index is 11.5. The fraction of sp³-hybridized carbons (Fsp3) is 0.133. The van der Waals surface area contributed by atoms with Crippen molar-refractivity contribution in [2.45, 2.75) is 5.60 Å². The molecule has 0 aliphatic carbocycles. The number of carbonyl (C=O) groups excluding carboxylic acids is 1. The van der Waals surface area contributed by atoms with Gasteiger partial charge in [0.15, 0.2) is 5.60 Å². The molecule has 0 saturated carbocycles. The molecule has 1 saturated heterocycles. The summed E-state index contributed by atoms with van der Waals surface area (Å²) in [4.78, 5) is 11.5. The molecule has 1 amide bonds. The van der Waals surface area contributed by atoms with Crippen LogP contribution in [0, 0.1) is 0 Å². The average Bonchev–Trinajstić information content (AvgIpc) is 2.84. The lowest BCUT2D eigenvalue weighted by Gasteiger charge is -2.27. The molecule has 1 aliphatic heterocycles. The van der Waals surface area contributed by atoms with Crippen LogP contribution in [-0.4, -0.2) is 12.6 Å². The molecule has 0 unspecified atom stereocenters. The van der Waals surface area contributed by atoms with Gasteiger partial charge < -0.3 is 10.1 Å². The molecular weight excluding hydrogens is 226 g/mol. The van der Waals surface area contributed by atoms with E-state index >= 15 is 0 Å². The third-order valence-electron chi connectivity index (χ3n) is 3.23. The summed E-state index contributed by atoms with van der Waals surface area (Å²) < 4.78 is 5.57. The van der Waals surface area contributed by atoms with Crippen molar-refractivity contribution in [3.05, 3.63) is 71.8 Å². The first-order valence-electron chi connectivity index (χ1n) is 5.89. The Kier molecular flexibility index (Phi) is 2.52. The minimum atomic E-state index is -0.709. The molecule has 1 fully saturated rings. The summed E-state index contributed by atoms with van der Waals surface area (Å²) in [7, 11) is 0. The number of alkyl carbamates (subject to hydrolysis) is 1. The molecule has 3 rings (SSSR count). The second kappa shape index (κ2) is 4.18. The lowest BCUT2D eigenvalue weighted by Crippen LogP contribution is -2.31. The average molecular weight is 239 g/mol. The Morgan fingerprint density at radius 1 is 0.889 bits per heavy atom. The van der Waals surface area contributed by atoms with Crippen molar-refractivity contribution < 1.29 is 9.53 Å². The van der Waals surface area contributed by atoms with E-state index in [1.807, 2.05) is 60.7 Å². The second-order valence-corrected chi connectivity index (χ2v) is 4.30. The van der Waals surface area contributed by atoms with E-state index in [0.717, 1.165) is 11.1 Å². The van der Waals surface area contributed by atoms with Crippen LogP contribution in [0.4, 0.5) is 4.79 Å². The van der Waals surface area contributed by atoms with Gasteiger partial charge in [-0.15, -0.1) is 0 Å². The molecule has 0 bridgehead atoms. The molecule has 1 heterocycles. The molecule has 2 aromatic carbocycles. The zero-order valence-corrected chi connectivity index (χ0v) is 9.80. The molecule has 3 heteroatoms. The molecule has 90 valence electrons. The smallest absolute Gasteiger partial charge is 0.408 e. The minimum absolute atomic E-state index is 0.372. The number of ether oxygens (including phenoxy) is 1. The zero-order valence-electron chi connectivity index (χ0n) is 9.80. The van der Waals surface area contributed by atoms with Gasteiger partial charge in [0.1, 0.15) is 0 Å². The molecule has 1 aliphatic rings. The van der Waals surface area contributed by atoms with E-state index in [-0.39, 0.29) is 6.09 Å². The van der Waals surface area contributed by atoms with Gasteiger partial charge in [-0.25, -0.2) is 4.79 Å². The molecule has 0 spiro atoms. The van der Waals surface area contributed by atoms with E-state index in [2.05, 4.69) is 5.32 Å². The highest BCUT2D eigenvalue weighted by atomic mass is 16.6. The van der Waals surface area contributed by atoms with Crippen molar-refractivity contribution in [3.63, 3.8) is 0 Å². The Hall–Kier alpha value is -2.29. The van der Waals surface area contributed by atoms with Gasteiger partial charge in [0.25, 0.3) is 0 Å². The molecule has 2 aromatic rings. The van der Waals surface area contributed by atoms with Gasteiger partial charge >= 0.3 is 6.09 Å². The fourth-order valence-electron chi connectivity index (χ4n) is 2.33. The Bertz CT molecular complexity index is 512. The van der Waals surface area contributed by atoms with E-state index in [9.17, 15) is 4.79 Å². The number of rotatable bonds is 2. The highest BCUT2D eigenvalue weighted by Gasteiger charge is 2.43. The first-order valence-corrected chi connectivity index (χ1v) is 5.89. The van der Waals surface area contributed by atoms with Gasteiger partial charge in [0.2, 0.25) is 0 Å². The largest absolute Gasteiger partial charge is 0.431 e. The van der Waals surface area contributed by atoms with Crippen molar-refractivity contribution in [2.75, 3.05) is 6.54 Å². The van der Waals surface area contributed by atoms with Gasteiger partial charge in [-0.3, -0.25) is 0 Å². The van der Waals surface area contributed by atoms with Gasteiger partial charge in [-0.05, 0) is 0 Å². The predicted molar refractivity (Wildman–Crippen MR) is 68.1 cm³/mol. The van der Waals surface area contributed by atoms with Crippen molar-refractivity contribution in [2.24, 2.45) is 0 Å². The molecule has 0 aromatic heterocycles. The van der Waals surface area contributed by atoms with Crippen LogP contribution in [0.2, 0.25) is 0 Å². The van der Waals surface area contributed by atoms with Gasteiger partial charge in [-0.1, -0.05) is 60.7 Å². The summed E-state index contributed by atoms with van der Waals surface area (Å²) in [6.45, 7) is 0.458. The van der Waals surface area contributed by atoms with Crippen LogP contribution in [0.15, 0.2) is 60.7 Å². The SMILES string of the molecule is O=C1NCC(c2ccccc2)(c2ccccc2)O1. The summed E-state index contributed by atoms with van der Waals surface area (Å²) in [6.07, 6.45) is -0.372. The molecule has 1 N–H and O–H groups in total. The molecule has 0 atom stereocenters. The van der Waals surface area contributed by atoms with Crippen LogP contribution in [0.3, 0.4) is 0 Å². The summed E-state index contributed by atoms with van der Waals surface area (Å²) in [6, 6.07) is 19.6. The van der Waals surface area contributed by atoms with E-state index in [1.54, 1.807) is 0 Å². The number of benzene rings is 2. The summed E-state index contributed by atoms with van der Waals surface area (Å²) in [5.41, 5.74) is 1.25. The lowest BCUT2D eigenvalue weighted by molar-refractivity contribution is 0.0870. The maximum Gasteiger partial charge on any atom is 0.408 e. The van der Waals surface area contributed by atoms with Gasteiger partial charge in [0.05, 0.1) is 6.54 Å². The van der Waals surface area contributed by atoms with E-state index < -0.39 is 5.60 Å². The summed E-state index contributed by atoms with van der Waals surface area (Å²) in [5.74, 6) is 0. The number of nitrogens with one attached hydrogen (secondary N) is 1. The predicted octanol–water partition coefficient (Wildman–Crippen LogP) is 2.67. The molecule has 0 radical (unpaired) electrons. The van der Waals surface area contributed by atoms with Crippen LogP contribution in [0.5, 0.6) is 0 Å². The number of cyclic esters (lactones) is 1. The van der Waals surface area contributed by atoms with Crippen molar-refractivity contribution in [1.29, 1.82) is 0 Å². The number of amides is 1. The summed E-state index contributed by atoms with van der Waals surface area (Å²) >= 11 is 0. The van der Waals surface area contributed by atoms with Gasteiger partial charge in [-0.2, -0.15) is 0 Å². The minimum Gasteiger partial charge on any atom is -0.431 e. The monoisotopic (exact) mass is 239 g/mol. The normalized spacial score (nSPS) is 17.0. The Labute approximate surface area is 105 Å². The van der Waals surface area contributed by atoms with Crippen molar-refractivity contribution >= 4 is 6.09 Å². The van der Waals surface area contributed by atoms with Gasteiger partial charge in [0, 0.05) is 11.1 Å². The fourth-order valence-corrected chi connectivity index (χ4v) is 2.33.